The van der Waals surface area contributed by atoms with Gasteiger partial charge in [-0.3, -0.25) is 4.79 Å². The molecule has 0 bridgehead atoms. The number of aromatic nitrogens is 2. The second-order valence-electron chi connectivity index (χ2n) is 9.55. The lowest BCUT2D eigenvalue weighted by atomic mass is 10.0. The third kappa shape index (κ3) is 5.15. The lowest BCUT2D eigenvalue weighted by Crippen LogP contribution is -2.46. The van der Waals surface area contributed by atoms with Gasteiger partial charge in [0.1, 0.15) is 5.82 Å². The second-order valence-corrected chi connectivity index (χ2v) is 9.55. The molecule has 3 aliphatic rings. The fourth-order valence-corrected chi connectivity index (χ4v) is 5.03. The number of ether oxygens (including phenoxy) is 2. The maximum atomic E-state index is 13.1. The molecule has 4 heterocycles. The van der Waals surface area contributed by atoms with Gasteiger partial charge < -0.3 is 29.9 Å². The number of hydrogen-bond donors (Lipinski definition) is 2. The third-order valence-corrected chi connectivity index (χ3v) is 7.01. The van der Waals surface area contributed by atoms with Crippen molar-refractivity contribution < 1.29 is 19.1 Å². The molecule has 2 atom stereocenters. The van der Waals surface area contributed by atoms with Gasteiger partial charge in [-0.05, 0) is 51.0 Å². The Bertz CT molecular complexity index is 1100. The first kappa shape index (κ1) is 24.5. The molecule has 2 fully saturated rings. The van der Waals surface area contributed by atoms with Crippen LogP contribution in [0.1, 0.15) is 31.5 Å². The van der Waals surface area contributed by atoms with Crippen LogP contribution in [0.4, 0.5) is 16.3 Å². The number of amides is 3. The fourth-order valence-electron chi connectivity index (χ4n) is 5.03. The van der Waals surface area contributed by atoms with Gasteiger partial charge in [0.15, 0.2) is 5.82 Å². The normalized spacial score (nSPS) is 21.7. The van der Waals surface area contributed by atoms with Gasteiger partial charge in [0.2, 0.25) is 5.91 Å². The summed E-state index contributed by atoms with van der Waals surface area (Å²) in [6, 6.07) is 7.48. The molecule has 36 heavy (non-hydrogen) atoms. The van der Waals surface area contributed by atoms with E-state index in [4.69, 9.17) is 19.4 Å². The van der Waals surface area contributed by atoms with Crippen LogP contribution in [-0.2, 0) is 27.2 Å². The molecule has 2 aromatic rings. The number of urea groups is 1. The van der Waals surface area contributed by atoms with E-state index in [1.807, 2.05) is 36.1 Å². The second kappa shape index (κ2) is 10.8. The van der Waals surface area contributed by atoms with Crippen LogP contribution in [0.2, 0.25) is 0 Å². The molecule has 10 heteroatoms. The molecule has 2 saturated heterocycles. The predicted octanol–water partition coefficient (Wildman–Crippen LogP) is 2.43. The number of carbonyl (C=O) groups excluding carboxylic acids is 2. The summed E-state index contributed by atoms with van der Waals surface area (Å²) in [5.74, 6) is 1.65. The number of hydrogen-bond acceptors (Lipinski definition) is 7. The van der Waals surface area contributed by atoms with Crippen LogP contribution in [0, 0.1) is 5.92 Å². The van der Waals surface area contributed by atoms with Gasteiger partial charge in [0, 0.05) is 43.1 Å². The van der Waals surface area contributed by atoms with Crippen LogP contribution in [0.25, 0.3) is 11.4 Å². The number of fused-ring (bicyclic) bond motifs is 1. The van der Waals surface area contributed by atoms with Gasteiger partial charge in [-0.25, -0.2) is 14.8 Å². The first-order valence-electron chi connectivity index (χ1n) is 12.8. The summed E-state index contributed by atoms with van der Waals surface area (Å²) in [6.07, 6.45) is 1.51. The van der Waals surface area contributed by atoms with Crippen molar-refractivity contribution in [2.45, 2.75) is 39.3 Å². The Morgan fingerprint density at radius 1 is 1.08 bits per heavy atom. The Morgan fingerprint density at radius 2 is 1.89 bits per heavy atom. The van der Waals surface area contributed by atoms with Crippen molar-refractivity contribution in [2.75, 3.05) is 56.3 Å². The molecule has 1 unspecified atom stereocenters. The van der Waals surface area contributed by atoms with E-state index in [1.165, 1.54) is 0 Å². The zero-order valence-electron chi connectivity index (χ0n) is 21.0. The Morgan fingerprint density at radius 3 is 2.61 bits per heavy atom. The van der Waals surface area contributed by atoms with Crippen molar-refractivity contribution in [3.05, 3.63) is 35.5 Å². The van der Waals surface area contributed by atoms with Crippen LogP contribution in [-0.4, -0.2) is 78.9 Å². The number of nitrogens with zero attached hydrogens (tertiary/aromatic N) is 4. The summed E-state index contributed by atoms with van der Waals surface area (Å²) in [5.41, 5.74) is 3.57. The molecule has 5 rings (SSSR count). The minimum atomic E-state index is -0.240. The number of benzene rings is 1. The molecule has 1 aromatic carbocycles. The Kier molecular flexibility index (Phi) is 7.33. The minimum absolute atomic E-state index is 0.0588. The molecule has 10 nitrogen and oxygen atoms in total. The number of morpholine rings is 1. The van der Waals surface area contributed by atoms with E-state index in [0.29, 0.717) is 57.6 Å². The maximum Gasteiger partial charge on any atom is 0.319 e. The van der Waals surface area contributed by atoms with Crippen LogP contribution in [0.3, 0.4) is 0 Å². The SMILES string of the molecule is CCNC(=O)Nc1ccc(-c2nc3c(c(N4CCOCC4C)n2)CCN(C(=O)[C@H]2CCOC2)C3)cc1. The molecule has 0 aliphatic carbocycles. The average molecular weight is 495 g/mol. The zero-order chi connectivity index (χ0) is 25.1. The van der Waals surface area contributed by atoms with Gasteiger partial charge in [-0.1, -0.05) is 0 Å². The Labute approximate surface area is 211 Å². The van der Waals surface area contributed by atoms with Crippen LogP contribution in [0.15, 0.2) is 24.3 Å². The third-order valence-electron chi connectivity index (χ3n) is 7.01. The van der Waals surface area contributed by atoms with Gasteiger partial charge in [-0.15, -0.1) is 0 Å². The molecule has 1 aromatic heterocycles. The smallest absolute Gasteiger partial charge is 0.319 e. The monoisotopic (exact) mass is 494 g/mol. The van der Waals surface area contributed by atoms with Gasteiger partial charge in [-0.2, -0.15) is 0 Å². The lowest BCUT2D eigenvalue weighted by Gasteiger charge is -2.38. The molecular formula is C26H34N6O4. The summed E-state index contributed by atoms with van der Waals surface area (Å²) in [5, 5.41) is 5.54. The molecule has 3 aliphatic heterocycles. The van der Waals surface area contributed by atoms with Gasteiger partial charge >= 0.3 is 6.03 Å². The molecular weight excluding hydrogens is 460 g/mol. The molecule has 3 amide bonds. The van der Waals surface area contributed by atoms with E-state index in [0.717, 1.165) is 42.0 Å². The van der Waals surface area contributed by atoms with E-state index in [1.54, 1.807) is 0 Å². The number of nitrogens with one attached hydrogen (secondary N) is 2. The molecule has 0 spiro atoms. The van der Waals surface area contributed by atoms with Crippen molar-refractivity contribution >= 4 is 23.4 Å². The van der Waals surface area contributed by atoms with Crippen molar-refractivity contribution in [1.82, 2.24) is 20.2 Å². The highest BCUT2D eigenvalue weighted by Crippen LogP contribution is 2.32. The summed E-state index contributed by atoms with van der Waals surface area (Å²) >= 11 is 0. The fraction of sp³-hybridized carbons (Fsp3) is 0.538. The van der Waals surface area contributed by atoms with Gasteiger partial charge in [0.05, 0.1) is 44.0 Å². The molecule has 0 saturated carbocycles. The predicted molar refractivity (Wildman–Crippen MR) is 136 cm³/mol. The average Bonchev–Trinajstić information content (AvgIpc) is 3.43. The summed E-state index contributed by atoms with van der Waals surface area (Å²) in [4.78, 5) is 39.2. The van der Waals surface area contributed by atoms with Gasteiger partial charge in [0.25, 0.3) is 0 Å². The first-order valence-corrected chi connectivity index (χ1v) is 12.8. The standard InChI is InChI=1S/C26H34N6O4/c1-3-27-26(34)28-20-6-4-18(5-7-20)23-29-22-14-31(25(33)19-9-12-35-16-19)10-8-21(22)24(30-23)32-11-13-36-15-17(32)2/h4-7,17,19H,3,8-16H2,1-2H3,(H2,27,28,34)/t17?,19-/m0/s1. The van der Waals surface area contributed by atoms with Crippen molar-refractivity contribution in [3.63, 3.8) is 0 Å². The van der Waals surface area contributed by atoms with Crippen molar-refractivity contribution in [1.29, 1.82) is 0 Å². The van der Waals surface area contributed by atoms with E-state index in [9.17, 15) is 9.59 Å². The summed E-state index contributed by atoms with van der Waals surface area (Å²) in [7, 11) is 0. The number of carbonyl (C=O) groups is 2. The van der Waals surface area contributed by atoms with E-state index >= 15 is 0 Å². The maximum absolute atomic E-state index is 13.1. The van der Waals surface area contributed by atoms with E-state index < -0.39 is 0 Å². The molecule has 2 N–H and O–H groups in total. The minimum Gasteiger partial charge on any atom is -0.381 e. The quantitative estimate of drug-likeness (QED) is 0.657. The highest BCUT2D eigenvalue weighted by atomic mass is 16.5. The Hall–Kier alpha value is -3.24. The van der Waals surface area contributed by atoms with Crippen LogP contribution < -0.4 is 15.5 Å². The zero-order valence-corrected chi connectivity index (χ0v) is 21.0. The van der Waals surface area contributed by atoms with Crippen LogP contribution >= 0.6 is 0 Å². The number of rotatable bonds is 5. The summed E-state index contributed by atoms with van der Waals surface area (Å²) in [6.45, 7) is 8.95. The molecule has 192 valence electrons. The van der Waals surface area contributed by atoms with E-state index in [2.05, 4.69) is 22.5 Å². The highest BCUT2D eigenvalue weighted by Gasteiger charge is 2.33. The Balaban J connectivity index is 1.46. The number of anilines is 2. The first-order chi connectivity index (χ1) is 17.5. The lowest BCUT2D eigenvalue weighted by molar-refractivity contribution is -0.136. The topological polar surface area (TPSA) is 109 Å². The largest absolute Gasteiger partial charge is 0.381 e. The van der Waals surface area contributed by atoms with Crippen molar-refractivity contribution in [3.8, 4) is 11.4 Å². The highest BCUT2D eigenvalue weighted by molar-refractivity contribution is 5.89. The van der Waals surface area contributed by atoms with Crippen molar-refractivity contribution in [2.24, 2.45) is 5.92 Å². The van der Waals surface area contributed by atoms with E-state index in [-0.39, 0.29) is 23.9 Å². The molecule has 0 radical (unpaired) electrons. The van der Waals surface area contributed by atoms with Crippen LogP contribution in [0.5, 0.6) is 0 Å². The summed E-state index contributed by atoms with van der Waals surface area (Å²) < 4.78 is 11.1.